The van der Waals surface area contributed by atoms with E-state index in [-0.39, 0.29) is 33.0 Å². The normalized spacial score (nSPS) is 10.9. The second-order valence-electron chi connectivity index (χ2n) is 7.06. The molecule has 4 aromatic rings. The predicted molar refractivity (Wildman–Crippen MR) is 115 cm³/mol. The van der Waals surface area contributed by atoms with Crippen molar-refractivity contribution in [3.63, 3.8) is 0 Å². The van der Waals surface area contributed by atoms with Gasteiger partial charge in [-0.1, -0.05) is 24.3 Å². The van der Waals surface area contributed by atoms with E-state index >= 15 is 0 Å². The Hall–Kier alpha value is -4.72. The number of carboxylic acid groups (broad SMARTS) is 4. The van der Waals surface area contributed by atoms with E-state index in [1.54, 1.807) is 12.1 Å². The van der Waals surface area contributed by atoms with Gasteiger partial charge in [0.2, 0.25) is 0 Å². The van der Waals surface area contributed by atoms with E-state index in [1.807, 2.05) is 0 Å². The maximum absolute atomic E-state index is 11.7. The molecule has 0 saturated heterocycles. The third-order valence-electron chi connectivity index (χ3n) is 5.28. The standard InChI is InChI=1S/C24H14O8/c25-21(26)11-1-3-15-13(5-7-17(23(29)30)19(15)9-11)14-6-8-18(24(31)32)20-10-12(22(27)28)2-4-16(14)20/h1-10H,(H,25,26)(H,27,28)(H,29,30)(H,31,32). The van der Waals surface area contributed by atoms with Crippen LogP contribution in [0.4, 0.5) is 0 Å². The van der Waals surface area contributed by atoms with Crippen molar-refractivity contribution in [1.29, 1.82) is 0 Å². The molecule has 8 nitrogen and oxygen atoms in total. The molecule has 0 aliphatic carbocycles. The minimum absolute atomic E-state index is 0.0747. The molecule has 8 heteroatoms. The molecule has 0 aliphatic rings. The molecule has 0 fully saturated rings. The molecule has 158 valence electrons. The fourth-order valence-electron chi connectivity index (χ4n) is 3.81. The molecule has 32 heavy (non-hydrogen) atoms. The van der Waals surface area contributed by atoms with E-state index in [0.29, 0.717) is 21.9 Å². The lowest BCUT2D eigenvalue weighted by Crippen LogP contribution is -2.03. The molecule has 4 N–H and O–H groups in total. The molecule has 0 heterocycles. The molecule has 4 aromatic carbocycles. The fourth-order valence-corrected chi connectivity index (χ4v) is 3.81. The molecule has 0 radical (unpaired) electrons. The van der Waals surface area contributed by atoms with Gasteiger partial charge in [0.25, 0.3) is 0 Å². The molecule has 0 saturated carbocycles. The Morgan fingerprint density at radius 2 is 0.812 bits per heavy atom. The molecule has 0 aliphatic heterocycles. The summed E-state index contributed by atoms with van der Waals surface area (Å²) in [5.41, 5.74) is 0.792. The maximum Gasteiger partial charge on any atom is 0.336 e. The van der Waals surface area contributed by atoms with Crippen molar-refractivity contribution in [2.75, 3.05) is 0 Å². The number of carboxylic acids is 4. The molecule has 0 unspecified atom stereocenters. The van der Waals surface area contributed by atoms with Gasteiger partial charge in [-0.15, -0.1) is 0 Å². The van der Waals surface area contributed by atoms with E-state index in [1.165, 1.54) is 48.5 Å². The lowest BCUT2D eigenvalue weighted by Gasteiger charge is -2.14. The number of carbonyl (C=O) groups is 4. The summed E-state index contributed by atoms with van der Waals surface area (Å²) in [5, 5.41) is 39.1. The minimum Gasteiger partial charge on any atom is -0.478 e. The Balaban J connectivity index is 2.10. The number of hydrogen-bond donors (Lipinski definition) is 4. The van der Waals surface area contributed by atoms with E-state index < -0.39 is 23.9 Å². The first-order valence-corrected chi connectivity index (χ1v) is 9.26. The van der Waals surface area contributed by atoms with Crippen molar-refractivity contribution in [2.24, 2.45) is 0 Å². The van der Waals surface area contributed by atoms with Crippen LogP contribution in [0.3, 0.4) is 0 Å². The van der Waals surface area contributed by atoms with Crippen LogP contribution in [0.25, 0.3) is 32.7 Å². The van der Waals surface area contributed by atoms with Gasteiger partial charge in [-0.2, -0.15) is 0 Å². The molecular weight excluding hydrogens is 416 g/mol. The van der Waals surface area contributed by atoms with Crippen molar-refractivity contribution in [1.82, 2.24) is 0 Å². The third-order valence-corrected chi connectivity index (χ3v) is 5.28. The van der Waals surface area contributed by atoms with Gasteiger partial charge in [0.1, 0.15) is 0 Å². The summed E-state index contributed by atoms with van der Waals surface area (Å²) >= 11 is 0. The van der Waals surface area contributed by atoms with Gasteiger partial charge >= 0.3 is 23.9 Å². The summed E-state index contributed by atoms with van der Waals surface area (Å²) in [6.07, 6.45) is 0. The van der Waals surface area contributed by atoms with E-state index in [0.717, 1.165) is 0 Å². The van der Waals surface area contributed by atoms with Gasteiger partial charge in [0.15, 0.2) is 0 Å². The summed E-state index contributed by atoms with van der Waals surface area (Å²) in [4.78, 5) is 46.2. The van der Waals surface area contributed by atoms with Crippen LogP contribution in [0.5, 0.6) is 0 Å². The SMILES string of the molecule is O=C(O)c1ccc2c(-c3ccc(C(=O)O)c4cc(C(=O)O)ccc34)ccc(C(=O)O)c2c1. The Morgan fingerprint density at radius 1 is 0.438 bits per heavy atom. The monoisotopic (exact) mass is 430 g/mol. The number of fused-ring (bicyclic) bond motifs is 2. The van der Waals surface area contributed by atoms with Crippen molar-refractivity contribution < 1.29 is 39.6 Å². The van der Waals surface area contributed by atoms with Gasteiger partial charge in [-0.25, -0.2) is 19.2 Å². The average molecular weight is 430 g/mol. The summed E-state index contributed by atoms with van der Waals surface area (Å²) < 4.78 is 0. The summed E-state index contributed by atoms with van der Waals surface area (Å²) in [6.45, 7) is 0. The Kier molecular flexibility index (Phi) is 4.82. The molecule has 0 aromatic heterocycles. The smallest absolute Gasteiger partial charge is 0.336 e. The number of hydrogen-bond acceptors (Lipinski definition) is 4. The quantitative estimate of drug-likeness (QED) is 0.363. The van der Waals surface area contributed by atoms with Gasteiger partial charge in [0, 0.05) is 0 Å². The predicted octanol–water partition coefficient (Wildman–Crippen LogP) is 4.45. The number of aromatic carboxylic acids is 4. The molecule has 0 atom stereocenters. The van der Waals surface area contributed by atoms with Crippen LogP contribution in [0.15, 0.2) is 60.7 Å². The van der Waals surface area contributed by atoms with Crippen LogP contribution in [-0.4, -0.2) is 44.3 Å². The molecule has 0 spiro atoms. The van der Waals surface area contributed by atoms with Crippen LogP contribution in [-0.2, 0) is 0 Å². The van der Waals surface area contributed by atoms with Crippen molar-refractivity contribution in [2.45, 2.75) is 0 Å². The van der Waals surface area contributed by atoms with E-state index in [2.05, 4.69) is 0 Å². The molecule has 0 bridgehead atoms. The highest BCUT2D eigenvalue weighted by atomic mass is 16.4. The minimum atomic E-state index is -1.22. The van der Waals surface area contributed by atoms with Crippen molar-refractivity contribution >= 4 is 45.4 Å². The summed E-state index contributed by atoms with van der Waals surface area (Å²) in [5.74, 6) is -4.85. The highest BCUT2D eigenvalue weighted by Crippen LogP contribution is 2.37. The van der Waals surface area contributed by atoms with Crippen LogP contribution in [0.1, 0.15) is 41.4 Å². The van der Waals surface area contributed by atoms with Gasteiger partial charge in [-0.3, -0.25) is 0 Å². The Labute approximate surface area is 179 Å². The Morgan fingerprint density at radius 3 is 1.12 bits per heavy atom. The summed E-state index contributed by atoms with van der Waals surface area (Å²) in [6, 6.07) is 14.1. The van der Waals surface area contributed by atoms with Crippen molar-refractivity contribution in [3.8, 4) is 11.1 Å². The lowest BCUT2D eigenvalue weighted by atomic mass is 9.89. The lowest BCUT2D eigenvalue weighted by molar-refractivity contribution is 0.0685. The van der Waals surface area contributed by atoms with Crippen LogP contribution >= 0.6 is 0 Å². The van der Waals surface area contributed by atoms with Crippen LogP contribution < -0.4 is 0 Å². The molecule has 4 rings (SSSR count). The first kappa shape index (κ1) is 20.5. The molecular formula is C24H14O8. The zero-order valence-electron chi connectivity index (χ0n) is 16.2. The van der Waals surface area contributed by atoms with E-state index in [9.17, 15) is 39.6 Å². The zero-order valence-corrected chi connectivity index (χ0v) is 16.2. The maximum atomic E-state index is 11.7. The summed E-state index contributed by atoms with van der Waals surface area (Å²) in [7, 11) is 0. The zero-order chi connectivity index (χ0) is 23.2. The van der Waals surface area contributed by atoms with Gasteiger partial charge in [-0.05, 0) is 69.1 Å². The van der Waals surface area contributed by atoms with E-state index in [4.69, 9.17) is 0 Å². The highest BCUT2D eigenvalue weighted by Gasteiger charge is 2.19. The topological polar surface area (TPSA) is 149 Å². The Bertz CT molecular complexity index is 1370. The first-order chi connectivity index (χ1) is 15.2. The van der Waals surface area contributed by atoms with Gasteiger partial charge < -0.3 is 20.4 Å². The number of benzene rings is 4. The number of rotatable bonds is 5. The molecule has 0 amide bonds. The van der Waals surface area contributed by atoms with Crippen LogP contribution in [0.2, 0.25) is 0 Å². The second kappa shape index (κ2) is 7.51. The van der Waals surface area contributed by atoms with Crippen molar-refractivity contribution in [3.05, 3.63) is 82.9 Å². The van der Waals surface area contributed by atoms with Gasteiger partial charge in [0.05, 0.1) is 22.3 Å². The first-order valence-electron chi connectivity index (χ1n) is 9.26. The third kappa shape index (κ3) is 3.29. The van der Waals surface area contributed by atoms with Crippen LogP contribution in [0, 0.1) is 0 Å². The second-order valence-corrected chi connectivity index (χ2v) is 7.06. The fraction of sp³-hybridized carbons (Fsp3) is 0. The average Bonchev–Trinajstić information content (AvgIpc) is 2.76. The highest BCUT2D eigenvalue weighted by molar-refractivity contribution is 6.15. The largest absolute Gasteiger partial charge is 0.478 e.